The summed E-state index contributed by atoms with van der Waals surface area (Å²) in [4.78, 5) is 24.1. The number of nitrogens with one attached hydrogen (secondary N) is 3. The van der Waals surface area contributed by atoms with Crippen LogP contribution in [-0.2, 0) is 4.79 Å². The number of benzene rings is 2. The number of hydrogen-bond acceptors (Lipinski definition) is 5. The topological polar surface area (TPSA) is 88.7 Å². The first kappa shape index (κ1) is 23.4. The van der Waals surface area contributed by atoms with Gasteiger partial charge in [0.2, 0.25) is 0 Å². The standard InChI is InChI=1S/C21H24ClN3O4S/c1-4-9-28-16-7-5-15(6-8-16)20(27)23-21(30)25-24-18(26)12-29-17-10-13(2)19(22)14(3)11-17/h5-8,10-11H,4,9,12H2,1-3H3,(H,24,26)(H2,23,25,27,30). The van der Waals surface area contributed by atoms with Gasteiger partial charge in [-0.1, -0.05) is 18.5 Å². The van der Waals surface area contributed by atoms with E-state index in [1.54, 1.807) is 36.4 Å². The highest BCUT2D eigenvalue weighted by molar-refractivity contribution is 7.80. The normalized spacial score (nSPS) is 10.1. The van der Waals surface area contributed by atoms with Crippen LogP contribution >= 0.6 is 23.8 Å². The molecule has 0 bridgehead atoms. The van der Waals surface area contributed by atoms with Gasteiger partial charge in [0, 0.05) is 10.6 Å². The second-order valence-corrected chi connectivity index (χ2v) is 7.28. The molecule has 0 aromatic heterocycles. The van der Waals surface area contributed by atoms with Crippen molar-refractivity contribution in [2.24, 2.45) is 0 Å². The van der Waals surface area contributed by atoms with Gasteiger partial charge in [-0.3, -0.25) is 25.8 Å². The van der Waals surface area contributed by atoms with Crippen molar-refractivity contribution < 1.29 is 19.1 Å². The molecule has 2 aromatic carbocycles. The van der Waals surface area contributed by atoms with Gasteiger partial charge >= 0.3 is 0 Å². The van der Waals surface area contributed by atoms with E-state index in [1.807, 2.05) is 20.8 Å². The van der Waals surface area contributed by atoms with E-state index in [0.29, 0.717) is 28.7 Å². The first-order valence-corrected chi connectivity index (χ1v) is 10.1. The molecule has 0 saturated heterocycles. The number of hydrogen-bond donors (Lipinski definition) is 3. The summed E-state index contributed by atoms with van der Waals surface area (Å²) in [5.74, 6) is 0.348. The fourth-order valence-corrected chi connectivity index (χ4v) is 2.68. The number of carbonyl (C=O) groups excluding carboxylic acids is 2. The minimum absolute atomic E-state index is 0.0437. The zero-order chi connectivity index (χ0) is 22.1. The first-order valence-electron chi connectivity index (χ1n) is 9.32. The van der Waals surface area contributed by atoms with Crippen molar-refractivity contribution in [3.63, 3.8) is 0 Å². The van der Waals surface area contributed by atoms with Crippen molar-refractivity contribution in [1.29, 1.82) is 0 Å². The van der Waals surface area contributed by atoms with Gasteiger partial charge in [0.25, 0.3) is 11.8 Å². The summed E-state index contributed by atoms with van der Waals surface area (Å²) in [6.45, 7) is 6.11. The molecule has 2 rings (SSSR count). The molecule has 0 heterocycles. The molecule has 0 fully saturated rings. The molecule has 0 unspecified atom stereocenters. The fourth-order valence-electron chi connectivity index (χ4n) is 2.43. The van der Waals surface area contributed by atoms with Crippen molar-refractivity contribution in [2.45, 2.75) is 27.2 Å². The molecule has 9 heteroatoms. The molecule has 30 heavy (non-hydrogen) atoms. The largest absolute Gasteiger partial charge is 0.494 e. The van der Waals surface area contributed by atoms with Gasteiger partial charge in [-0.05, 0) is 80.0 Å². The zero-order valence-electron chi connectivity index (χ0n) is 17.0. The van der Waals surface area contributed by atoms with Crippen LogP contribution in [0.3, 0.4) is 0 Å². The van der Waals surface area contributed by atoms with Crippen LogP contribution in [0.1, 0.15) is 34.8 Å². The van der Waals surface area contributed by atoms with Gasteiger partial charge in [0.15, 0.2) is 11.7 Å². The maximum absolute atomic E-state index is 12.2. The molecule has 3 N–H and O–H groups in total. The molecule has 0 saturated carbocycles. The Morgan fingerprint density at radius 1 is 1.00 bits per heavy atom. The van der Waals surface area contributed by atoms with Gasteiger partial charge in [-0.25, -0.2) is 0 Å². The van der Waals surface area contributed by atoms with Crippen LogP contribution in [0, 0.1) is 13.8 Å². The Hall–Kier alpha value is -2.84. The van der Waals surface area contributed by atoms with E-state index in [2.05, 4.69) is 16.2 Å². The quantitative estimate of drug-likeness (QED) is 0.443. The number of hydrazine groups is 1. The van der Waals surface area contributed by atoms with E-state index in [-0.39, 0.29) is 11.7 Å². The second kappa shape index (κ2) is 11.4. The number of amides is 2. The molecule has 0 spiro atoms. The van der Waals surface area contributed by atoms with Gasteiger partial charge in [-0.15, -0.1) is 0 Å². The predicted molar refractivity (Wildman–Crippen MR) is 120 cm³/mol. The Balaban J connectivity index is 1.75. The van der Waals surface area contributed by atoms with Gasteiger partial charge in [0.05, 0.1) is 6.61 Å². The fraction of sp³-hybridized carbons (Fsp3) is 0.286. The average Bonchev–Trinajstić information content (AvgIpc) is 2.73. The number of thiocarbonyl (C=S) groups is 1. The summed E-state index contributed by atoms with van der Waals surface area (Å²) in [6, 6.07) is 10.2. The summed E-state index contributed by atoms with van der Waals surface area (Å²) < 4.78 is 10.9. The van der Waals surface area contributed by atoms with Crippen LogP contribution in [0.15, 0.2) is 36.4 Å². The van der Waals surface area contributed by atoms with Crippen LogP contribution in [0.4, 0.5) is 0 Å². The summed E-state index contributed by atoms with van der Waals surface area (Å²) >= 11 is 11.1. The minimum atomic E-state index is -0.464. The number of aryl methyl sites for hydroxylation is 2. The molecule has 160 valence electrons. The lowest BCUT2D eigenvalue weighted by Gasteiger charge is -2.12. The lowest BCUT2D eigenvalue weighted by Crippen LogP contribution is -2.49. The summed E-state index contributed by atoms with van der Waals surface area (Å²) in [5, 5.41) is 3.10. The molecule has 0 radical (unpaired) electrons. The monoisotopic (exact) mass is 449 g/mol. The van der Waals surface area contributed by atoms with Crippen LogP contribution in [0.5, 0.6) is 11.5 Å². The number of carbonyl (C=O) groups is 2. The maximum atomic E-state index is 12.2. The van der Waals surface area contributed by atoms with Crippen LogP contribution in [0.25, 0.3) is 0 Å². The van der Waals surface area contributed by atoms with E-state index < -0.39 is 11.8 Å². The Morgan fingerprint density at radius 2 is 1.63 bits per heavy atom. The van der Waals surface area contributed by atoms with Crippen molar-refractivity contribution >= 4 is 40.7 Å². The van der Waals surface area contributed by atoms with E-state index >= 15 is 0 Å². The maximum Gasteiger partial charge on any atom is 0.276 e. The molecular weight excluding hydrogens is 426 g/mol. The highest BCUT2D eigenvalue weighted by atomic mass is 35.5. The van der Waals surface area contributed by atoms with Crippen LogP contribution in [0.2, 0.25) is 5.02 Å². The SMILES string of the molecule is CCCOc1ccc(C(=O)NC(=S)NNC(=O)COc2cc(C)c(Cl)c(C)c2)cc1. The molecule has 0 aliphatic rings. The molecule has 7 nitrogen and oxygen atoms in total. The van der Waals surface area contributed by atoms with E-state index in [4.69, 9.17) is 33.3 Å². The number of ether oxygens (including phenoxy) is 2. The highest BCUT2D eigenvalue weighted by Gasteiger charge is 2.10. The second-order valence-electron chi connectivity index (χ2n) is 6.49. The Morgan fingerprint density at radius 3 is 2.23 bits per heavy atom. The summed E-state index contributed by atoms with van der Waals surface area (Å²) in [5.41, 5.74) is 6.96. The first-order chi connectivity index (χ1) is 14.3. The molecule has 2 amide bonds. The molecule has 2 aromatic rings. The van der Waals surface area contributed by atoms with Crippen LogP contribution in [-0.4, -0.2) is 30.1 Å². The predicted octanol–water partition coefficient (Wildman–Crippen LogP) is 3.46. The van der Waals surface area contributed by atoms with E-state index in [0.717, 1.165) is 17.5 Å². The summed E-state index contributed by atoms with van der Waals surface area (Å²) in [7, 11) is 0. The Labute approximate surface area is 186 Å². The minimum Gasteiger partial charge on any atom is -0.494 e. The molecule has 0 aliphatic heterocycles. The summed E-state index contributed by atoms with van der Waals surface area (Å²) in [6.07, 6.45) is 0.901. The third-order valence-corrected chi connectivity index (χ3v) is 4.71. The third-order valence-electron chi connectivity index (χ3n) is 3.91. The van der Waals surface area contributed by atoms with Crippen LogP contribution < -0.4 is 25.6 Å². The Bertz CT molecular complexity index is 896. The zero-order valence-corrected chi connectivity index (χ0v) is 18.6. The van der Waals surface area contributed by atoms with Crippen molar-refractivity contribution in [3.05, 3.63) is 58.1 Å². The van der Waals surface area contributed by atoms with E-state index in [9.17, 15) is 9.59 Å². The molecule has 0 atom stereocenters. The van der Waals surface area contributed by atoms with Gasteiger partial charge in [-0.2, -0.15) is 0 Å². The lowest BCUT2D eigenvalue weighted by atomic mass is 10.1. The molecular formula is C21H24ClN3O4S. The van der Waals surface area contributed by atoms with Crippen molar-refractivity contribution in [1.82, 2.24) is 16.2 Å². The number of halogens is 1. The smallest absolute Gasteiger partial charge is 0.276 e. The third kappa shape index (κ3) is 7.20. The van der Waals surface area contributed by atoms with Crippen molar-refractivity contribution in [2.75, 3.05) is 13.2 Å². The molecule has 0 aliphatic carbocycles. The average molecular weight is 450 g/mol. The lowest BCUT2D eigenvalue weighted by molar-refractivity contribution is -0.123. The van der Waals surface area contributed by atoms with Crippen molar-refractivity contribution in [3.8, 4) is 11.5 Å². The highest BCUT2D eigenvalue weighted by Crippen LogP contribution is 2.25. The van der Waals surface area contributed by atoms with E-state index in [1.165, 1.54) is 0 Å². The van der Waals surface area contributed by atoms with Gasteiger partial charge in [0.1, 0.15) is 11.5 Å². The van der Waals surface area contributed by atoms with Gasteiger partial charge < -0.3 is 9.47 Å². The number of rotatable bonds is 7. The Kier molecular flexibility index (Phi) is 8.89.